The van der Waals surface area contributed by atoms with E-state index in [0.29, 0.717) is 6.42 Å². The summed E-state index contributed by atoms with van der Waals surface area (Å²) in [5.41, 5.74) is 12.8. The monoisotopic (exact) mass is 190 g/mol. The number of amides is 1. The zero-order valence-corrected chi connectivity index (χ0v) is 7.99. The molecule has 1 saturated carbocycles. The van der Waals surface area contributed by atoms with Gasteiger partial charge in [-0.3, -0.25) is 4.79 Å². The van der Waals surface area contributed by atoms with Crippen LogP contribution in [-0.4, -0.2) is 5.91 Å². The van der Waals surface area contributed by atoms with Crippen molar-refractivity contribution in [2.75, 3.05) is 5.73 Å². The molecule has 0 bridgehead atoms. The summed E-state index contributed by atoms with van der Waals surface area (Å²) in [7, 11) is 0. The van der Waals surface area contributed by atoms with Crippen LogP contribution in [0.1, 0.15) is 24.8 Å². The van der Waals surface area contributed by atoms with Gasteiger partial charge in [0.15, 0.2) is 0 Å². The normalized spacial score (nSPS) is 17.7. The van der Waals surface area contributed by atoms with Gasteiger partial charge in [0.05, 0.1) is 0 Å². The van der Waals surface area contributed by atoms with Gasteiger partial charge in [0.1, 0.15) is 0 Å². The molecule has 1 aliphatic rings. The maximum Gasteiger partial charge on any atom is 0.218 e. The Bertz CT molecular complexity index is 352. The van der Waals surface area contributed by atoms with Gasteiger partial charge in [0.25, 0.3) is 0 Å². The van der Waals surface area contributed by atoms with Gasteiger partial charge in [0.2, 0.25) is 5.91 Å². The number of hydrogen-bond acceptors (Lipinski definition) is 2. The van der Waals surface area contributed by atoms with Crippen LogP contribution >= 0.6 is 0 Å². The molecule has 1 aromatic rings. The highest BCUT2D eigenvalue weighted by Gasteiger charge is 2.45. The summed E-state index contributed by atoms with van der Waals surface area (Å²) < 4.78 is 0. The summed E-state index contributed by atoms with van der Waals surface area (Å²) in [6.07, 6.45) is 2.57. The summed E-state index contributed by atoms with van der Waals surface area (Å²) in [4.78, 5) is 10.9. The Morgan fingerprint density at radius 1 is 1.29 bits per heavy atom. The summed E-state index contributed by atoms with van der Waals surface area (Å²) in [5, 5.41) is 0. The average Bonchev–Trinajstić information content (AvgIpc) is 2.85. The van der Waals surface area contributed by atoms with Crippen molar-refractivity contribution < 1.29 is 4.79 Å². The zero-order chi connectivity index (χ0) is 10.2. The maximum atomic E-state index is 10.9. The van der Waals surface area contributed by atoms with Crippen LogP contribution in [0.25, 0.3) is 0 Å². The van der Waals surface area contributed by atoms with Gasteiger partial charge in [-0.25, -0.2) is 0 Å². The molecule has 4 N–H and O–H groups in total. The lowest BCUT2D eigenvalue weighted by atomic mass is 9.92. The van der Waals surface area contributed by atoms with E-state index in [-0.39, 0.29) is 11.3 Å². The van der Waals surface area contributed by atoms with Gasteiger partial charge in [-0.2, -0.15) is 0 Å². The Hall–Kier alpha value is -1.51. The molecule has 0 radical (unpaired) electrons. The number of carbonyl (C=O) groups is 1. The van der Waals surface area contributed by atoms with Crippen molar-refractivity contribution in [1.82, 2.24) is 0 Å². The van der Waals surface area contributed by atoms with E-state index in [2.05, 4.69) is 0 Å². The Morgan fingerprint density at radius 2 is 1.86 bits per heavy atom. The van der Waals surface area contributed by atoms with Gasteiger partial charge in [0, 0.05) is 17.5 Å². The standard InChI is InChI=1S/C11H14N2O/c12-9-3-1-8(2-4-9)11(5-6-11)7-10(13)14/h1-4H,5-7,12H2,(H2,13,14). The summed E-state index contributed by atoms with van der Waals surface area (Å²) in [5.74, 6) is -0.223. The molecule has 0 spiro atoms. The van der Waals surface area contributed by atoms with Gasteiger partial charge in [-0.05, 0) is 30.5 Å². The lowest BCUT2D eigenvalue weighted by Crippen LogP contribution is -2.19. The summed E-state index contributed by atoms with van der Waals surface area (Å²) in [6.45, 7) is 0. The van der Waals surface area contributed by atoms with E-state index >= 15 is 0 Å². The molecule has 2 rings (SSSR count). The van der Waals surface area contributed by atoms with Crippen LogP contribution in [0.4, 0.5) is 5.69 Å². The summed E-state index contributed by atoms with van der Waals surface area (Å²) >= 11 is 0. The van der Waals surface area contributed by atoms with Gasteiger partial charge < -0.3 is 11.5 Å². The lowest BCUT2D eigenvalue weighted by Gasteiger charge is -2.13. The summed E-state index contributed by atoms with van der Waals surface area (Å²) in [6, 6.07) is 7.73. The molecule has 0 heterocycles. The van der Waals surface area contributed by atoms with Crippen molar-refractivity contribution in [3.8, 4) is 0 Å². The van der Waals surface area contributed by atoms with E-state index in [1.54, 1.807) is 0 Å². The van der Waals surface area contributed by atoms with Crippen molar-refractivity contribution >= 4 is 11.6 Å². The zero-order valence-electron chi connectivity index (χ0n) is 7.99. The predicted molar refractivity (Wildman–Crippen MR) is 55.6 cm³/mol. The second kappa shape index (κ2) is 3.01. The van der Waals surface area contributed by atoms with Crippen LogP contribution < -0.4 is 11.5 Å². The minimum Gasteiger partial charge on any atom is -0.399 e. The quantitative estimate of drug-likeness (QED) is 0.702. The van der Waals surface area contributed by atoms with Crippen molar-refractivity contribution in [2.45, 2.75) is 24.7 Å². The molecule has 1 amide bonds. The van der Waals surface area contributed by atoms with Crippen molar-refractivity contribution in [3.05, 3.63) is 29.8 Å². The largest absolute Gasteiger partial charge is 0.399 e. The van der Waals surface area contributed by atoms with E-state index < -0.39 is 0 Å². The third-order valence-electron chi connectivity index (χ3n) is 2.89. The Morgan fingerprint density at radius 3 is 2.29 bits per heavy atom. The predicted octanol–water partition coefficient (Wildman–Crippen LogP) is 1.18. The van der Waals surface area contributed by atoms with Crippen LogP contribution in [0.2, 0.25) is 0 Å². The molecule has 1 aliphatic carbocycles. The number of rotatable bonds is 3. The molecule has 1 fully saturated rings. The third kappa shape index (κ3) is 1.58. The highest BCUT2D eigenvalue weighted by molar-refractivity contribution is 5.76. The number of hydrogen-bond donors (Lipinski definition) is 2. The lowest BCUT2D eigenvalue weighted by molar-refractivity contribution is -0.118. The molecule has 0 saturated heterocycles. The highest BCUT2D eigenvalue weighted by Crippen LogP contribution is 2.50. The smallest absolute Gasteiger partial charge is 0.218 e. The molecule has 3 nitrogen and oxygen atoms in total. The Balaban J connectivity index is 2.22. The molecule has 14 heavy (non-hydrogen) atoms. The Labute approximate surface area is 83.1 Å². The average molecular weight is 190 g/mol. The first-order valence-corrected chi connectivity index (χ1v) is 4.77. The van der Waals surface area contributed by atoms with E-state index in [1.165, 1.54) is 5.56 Å². The third-order valence-corrected chi connectivity index (χ3v) is 2.89. The Kier molecular flexibility index (Phi) is 1.95. The topological polar surface area (TPSA) is 69.1 Å². The van der Waals surface area contributed by atoms with Crippen molar-refractivity contribution in [3.63, 3.8) is 0 Å². The maximum absolute atomic E-state index is 10.9. The van der Waals surface area contributed by atoms with Crippen molar-refractivity contribution in [1.29, 1.82) is 0 Å². The molecule has 0 aromatic heterocycles. The van der Waals surface area contributed by atoms with Crippen LogP contribution in [0, 0.1) is 0 Å². The first-order valence-electron chi connectivity index (χ1n) is 4.77. The van der Waals surface area contributed by atoms with E-state index in [9.17, 15) is 4.79 Å². The molecular formula is C11H14N2O. The van der Waals surface area contributed by atoms with Gasteiger partial charge >= 0.3 is 0 Å². The minimum atomic E-state index is -0.223. The number of primary amides is 1. The number of carbonyl (C=O) groups excluding carboxylic acids is 1. The van der Waals surface area contributed by atoms with Crippen LogP contribution in [0.5, 0.6) is 0 Å². The number of anilines is 1. The van der Waals surface area contributed by atoms with Gasteiger partial charge in [-0.15, -0.1) is 0 Å². The molecule has 0 aliphatic heterocycles. The van der Waals surface area contributed by atoms with E-state index in [4.69, 9.17) is 11.5 Å². The van der Waals surface area contributed by atoms with Gasteiger partial charge in [-0.1, -0.05) is 12.1 Å². The second-order valence-electron chi connectivity index (χ2n) is 4.05. The minimum absolute atomic E-state index is 0.0273. The SMILES string of the molecule is NC(=O)CC1(c2ccc(N)cc2)CC1. The van der Waals surface area contributed by atoms with Crippen molar-refractivity contribution in [2.24, 2.45) is 5.73 Å². The molecule has 1 aromatic carbocycles. The second-order valence-corrected chi connectivity index (χ2v) is 4.05. The first-order chi connectivity index (χ1) is 6.62. The number of benzene rings is 1. The molecule has 74 valence electrons. The van der Waals surface area contributed by atoms with Crippen LogP contribution in [0.15, 0.2) is 24.3 Å². The first kappa shape index (κ1) is 9.06. The highest BCUT2D eigenvalue weighted by atomic mass is 16.1. The van der Waals surface area contributed by atoms with E-state index in [0.717, 1.165) is 18.5 Å². The van der Waals surface area contributed by atoms with Crippen LogP contribution in [-0.2, 0) is 10.2 Å². The van der Waals surface area contributed by atoms with E-state index in [1.807, 2.05) is 24.3 Å². The number of nitrogens with two attached hydrogens (primary N) is 2. The fourth-order valence-electron chi connectivity index (χ4n) is 1.89. The molecular weight excluding hydrogens is 176 g/mol. The molecule has 3 heteroatoms. The fourth-order valence-corrected chi connectivity index (χ4v) is 1.89. The number of nitrogen functional groups attached to an aromatic ring is 1. The fraction of sp³-hybridized carbons (Fsp3) is 0.364. The molecule has 0 unspecified atom stereocenters. The molecule has 0 atom stereocenters. The van der Waals surface area contributed by atoms with Crippen LogP contribution in [0.3, 0.4) is 0 Å².